The van der Waals surface area contributed by atoms with Crippen molar-refractivity contribution < 1.29 is 9.53 Å². The molecule has 1 aliphatic rings. The Bertz CT molecular complexity index is 233. The van der Waals surface area contributed by atoms with Crippen molar-refractivity contribution >= 4 is 5.97 Å². The van der Waals surface area contributed by atoms with Crippen LogP contribution in [0.1, 0.15) is 27.7 Å². The van der Waals surface area contributed by atoms with Crippen LogP contribution in [0.2, 0.25) is 0 Å². The molecule has 16 heavy (non-hydrogen) atoms. The number of ether oxygens (including phenoxy) is 1. The second-order valence-electron chi connectivity index (χ2n) is 4.75. The van der Waals surface area contributed by atoms with Gasteiger partial charge in [-0.1, -0.05) is 0 Å². The first-order valence-corrected chi connectivity index (χ1v) is 6.10. The van der Waals surface area contributed by atoms with E-state index in [1.807, 2.05) is 13.8 Å². The molecule has 4 nitrogen and oxygen atoms in total. The monoisotopic (exact) mass is 228 g/mol. The first-order chi connectivity index (χ1) is 7.47. The Kier molecular flexibility index (Phi) is 4.74. The number of carbonyl (C=O) groups excluding carboxylic acids is 1. The minimum Gasteiger partial charge on any atom is -0.465 e. The van der Waals surface area contributed by atoms with Gasteiger partial charge in [0.05, 0.1) is 6.61 Å². The van der Waals surface area contributed by atoms with E-state index in [1.165, 1.54) is 0 Å². The number of likely N-dealkylation sites (N-methyl/N-ethyl adjacent to an activating group) is 1. The van der Waals surface area contributed by atoms with Gasteiger partial charge in [-0.15, -0.1) is 0 Å². The van der Waals surface area contributed by atoms with E-state index in [0.29, 0.717) is 18.7 Å². The predicted octanol–water partition coefficient (Wildman–Crippen LogP) is 0.962. The van der Waals surface area contributed by atoms with Gasteiger partial charge in [0.1, 0.15) is 6.04 Å². The minimum atomic E-state index is -0.126. The first-order valence-electron chi connectivity index (χ1n) is 6.10. The van der Waals surface area contributed by atoms with Crippen molar-refractivity contribution in [1.29, 1.82) is 0 Å². The van der Waals surface area contributed by atoms with E-state index in [2.05, 4.69) is 30.7 Å². The average Bonchev–Trinajstić information content (AvgIpc) is 2.24. The van der Waals surface area contributed by atoms with Crippen molar-refractivity contribution in [3.8, 4) is 0 Å². The fraction of sp³-hybridized carbons (Fsp3) is 0.917. The van der Waals surface area contributed by atoms with E-state index in [-0.39, 0.29) is 12.0 Å². The Balaban J connectivity index is 2.57. The molecule has 0 spiro atoms. The molecule has 94 valence electrons. The van der Waals surface area contributed by atoms with Crippen LogP contribution in [0.25, 0.3) is 0 Å². The largest absolute Gasteiger partial charge is 0.465 e. The summed E-state index contributed by atoms with van der Waals surface area (Å²) in [5.41, 5.74) is 0. The minimum absolute atomic E-state index is 0.105. The van der Waals surface area contributed by atoms with Gasteiger partial charge in [-0.3, -0.25) is 14.6 Å². The summed E-state index contributed by atoms with van der Waals surface area (Å²) < 4.78 is 5.06. The van der Waals surface area contributed by atoms with Crippen molar-refractivity contribution in [3.63, 3.8) is 0 Å². The normalized spacial score (nSPS) is 30.1. The van der Waals surface area contributed by atoms with E-state index in [4.69, 9.17) is 4.74 Å². The highest BCUT2D eigenvalue weighted by molar-refractivity contribution is 5.75. The Morgan fingerprint density at radius 1 is 1.38 bits per heavy atom. The molecule has 0 amide bonds. The van der Waals surface area contributed by atoms with Gasteiger partial charge in [-0.05, 0) is 34.7 Å². The molecule has 1 rings (SSSR count). The number of hydrogen-bond donors (Lipinski definition) is 0. The molecule has 3 unspecified atom stereocenters. The summed E-state index contributed by atoms with van der Waals surface area (Å²) in [5, 5.41) is 0. The zero-order chi connectivity index (χ0) is 12.3. The summed E-state index contributed by atoms with van der Waals surface area (Å²) in [6, 6.07) is 0.847. The number of carbonyl (C=O) groups is 1. The summed E-state index contributed by atoms with van der Waals surface area (Å²) in [6.07, 6.45) is 0. The van der Waals surface area contributed by atoms with E-state index in [1.54, 1.807) is 0 Å². The smallest absolute Gasteiger partial charge is 0.323 e. The van der Waals surface area contributed by atoms with Crippen LogP contribution in [-0.2, 0) is 9.53 Å². The van der Waals surface area contributed by atoms with Crippen LogP contribution in [0.3, 0.4) is 0 Å². The Labute approximate surface area is 98.5 Å². The Hall–Kier alpha value is -0.610. The Morgan fingerprint density at radius 2 is 1.88 bits per heavy atom. The van der Waals surface area contributed by atoms with E-state index in [9.17, 15) is 4.79 Å². The molecule has 0 bridgehead atoms. The molecule has 1 saturated heterocycles. The summed E-state index contributed by atoms with van der Waals surface area (Å²) in [6.45, 7) is 10.5. The molecule has 4 heteroatoms. The second-order valence-corrected chi connectivity index (χ2v) is 4.75. The molecule has 0 aromatic rings. The molecule has 1 heterocycles. The fourth-order valence-electron chi connectivity index (χ4n) is 2.17. The lowest BCUT2D eigenvalue weighted by atomic mass is 10.1. The molecular weight excluding hydrogens is 204 g/mol. The molecular formula is C12H24N2O2. The maximum atomic E-state index is 11.7. The topological polar surface area (TPSA) is 32.8 Å². The van der Waals surface area contributed by atoms with Gasteiger partial charge in [-0.25, -0.2) is 0 Å². The molecule has 1 aliphatic heterocycles. The van der Waals surface area contributed by atoms with Crippen molar-refractivity contribution in [3.05, 3.63) is 0 Å². The first kappa shape index (κ1) is 13.5. The third kappa shape index (κ3) is 2.95. The van der Waals surface area contributed by atoms with Gasteiger partial charge in [0.15, 0.2) is 0 Å². The van der Waals surface area contributed by atoms with E-state index < -0.39 is 0 Å². The molecule has 0 aliphatic carbocycles. The molecule has 1 fully saturated rings. The maximum absolute atomic E-state index is 11.7. The van der Waals surface area contributed by atoms with Crippen LogP contribution >= 0.6 is 0 Å². The average molecular weight is 228 g/mol. The van der Waals surface area contributed by atoms with Gasteiger partial charge in [0.25, 0.3) is 0 Å². The highest BCUT2D eigenvalue weighted by Crippen LogP contribution is 2.16. The second kappa shape index (κ2) is 5.64. The highest BCUT2D eigenvalue weighted by Gasteiger charge is 2.32. The Morgan fingerprint density at radius 3 is 2.31 bits per heavy atom. The fourth-order valence-corrected chi connectivity index (χ4v) is 2.17. The maximum Gasteiger partial charge on any atom is 0.323 e. The van der Waals surface area contributed by atoms with Gasteiger partial charge < -0.3 is 4.74 Å². The summed E-state index contributed by atoms with van der Waals surface area (Å²) >= 11 is 0. The van der Waals surface area contributed by atoms with Gasteiger partial charge >= 0.3 is 5.97 Å². The van der Waals surface area contributed by atoms with Crippen LogP contribution in [-0.4, -0.2) is 60.6 Å². The van der Waals surface area contributed by atoms with E-state index in [0.717, 1.165) is 13.1 Å². The van der Waals surface area contributed by atoms with Crippen molar-refractivity contribution in [2.75, 3.05) is 26.7 Å². The highest BCUT2D eigenvalue weighted by atomic mass is 16.5. The van der Waals surface area contributed by atoms with Crippen LogP contribution in [0, 0.1) is 0 Å². The molecule has 0 radical (unpaired) electrons. The zero-order valence-corrected chi connectivity index (χ0v) is 11.1. The number of piperazine rings is 1. The zero-order valence-electron chi connectivity index (χ0n) is 11.1. The van der Waals surface area contributed by atoms with Gasteiger partial charge in [0.2, 0.25) is 0 Å². The predicted molar refractivity (Wildman–Crippen MR) is 64.4 cm³/mol. The van der Waals surface area contributed by atoms with Crippen LogP contribution in [0.5, 0.6) is 0 Å². The molecule has 0 N–H and O–H groups in total. The number of rotatable bonds is 3. The summed E-state index contributed by atoms with van der Waals surface area (Å²) in [4.78, 5) is 16.2. The SMILES string of the molecule is CCOC(=O)C(C)N1CC(C)N(C)C(C)C1. The molecule has 0 saturated carbocycles. The third-order valence-electron chi connectivity index (χ3n) is 3.56. The molecule has 0 aromatic heterocycles. The van der Waals surface area contributed by atoms with Crippen LogP contribution in [0.4, 0.5) is 0 Å². The number of esters is 1. The number of hydrogen-bond acceptors (Lipinski definition) is 4. The lowest BCUT2D eigenvalue weighted by Crippen LogP contribution is -2.58. The molecule has 3 atom stereocenters. The van der Waals surface area contributed by atoms with E-state index >= 15 is 0 Å². The van der Waals surface area contributed by atoms with Crippen LogP contribution in [0.15, 0.2) is 0 Å². The van der Waals surface area contributed by atoms with Crippen LogP contribution < -0.4 is 0 Å². The van der Waals surface area contributed by atoms with Gasteiger partial charge in [0, 0.05) is 25.2 Å². The lowest BCUT2D eigenvalue weighted by Gasteiger charge is -2.44. The molecule has 0 aromatic carbocycles. The summed E-state index contributed by atoms with van der Waals surface area (Å²) in [5.74, 6) is -0.105. The lowest BCUT2D eigenvalue weighted by molar-refractivity contribution is -0.150. The van der Waals surface area contributed by atoms with Crippen molar-refractivity contribution in [2.45, 2.75) is 45.8 Å². The third-order valence-corrected chi connectivity index (χ3v) is 3.56. The summed E-state index contributed by atoms with van der Waals surface area (Å²) in [7, 11) is 2.14. The van der Waals surface area contributed by atoms with Crippen molar-refractivity contribution in [1.82, 2.24) is 9.80 Å². The quantitative estimate of drug-likeness (QED) is 0.674. The van der Waals surface area contributed by atoms with Crippen molar-refractivity contribution in [2.24, 2.45) is 0 Å². The standard InChI is InChI=1S/C12H24N2O2/c1-6-16-12(15)11(4)14-7-9(2)13(5)10(3)8-14/h9-11H,6-8H2,1-5H3. The number of nitrogens with zero attached hydrogens (tertiary/aromatic N) is 2. The van der Waals surface area contributed by atoms with Gasteiger partial charge in [-0.2, -0.15) is 0 Å².